The third-order valence-electron chi connectivity index (χ3n) is 4.43. The van der Waals surface area contributed by atoms with Crippen molar-refractivity contribution in [1.82, 2.24) is 0 Å². The lowest BCUT2D eigenvalue weighted by Crippen LogP contribution is -2.18. The number of carbonyl (C=O) groups excluding carboxylic acids is 1. The van der Waals surface area contributed by atoms with Gasteiger partial charge in [0.15, 0.2) is 0 Å². The minimum absolute atomic E-state index is 0.131. The molecule has 1 aromatic rings. The van der Waals surface area contributed by atoms with E-state index in [1.807, 2.05) is 18.2 Å². The fourth-order valence-corrected chi connectivity index (χ4v) is 3.05. The molecule has 0 heterocycles. The molecule has 0 saturated heterocycles. The van der Waals surface area contributed by atoms with Gasteiger partial charge in [-0.3, -0.25) is 4.79 Å². The van der Waals surface area contributed by atoms with Crippen LogP contribution in [0.5, 0.6) is 0 Å². The molecule has 23 heavy (non-hydrogen) atoms. The Morgan fingerprint density at radius 1 is 1.13 bits per heavy atom. The van der Waals surface area contributed by atoms with Crippen molar-refractivity contribution in [3.8, 4) is 0 Å². The average Bonchev–Trinajstić information content (AvgIpc) is 2.58. The van der Waals surface area contributed by atoms with Gasteiger partial charge in [0, 0.05) is 6.92 Å². The lowest BCUT2D eigenvalue weighted by Gasteiger charge is -2.18. The Morgan fingerprint density at radius 3 is 2.48 bits per heavy atom. The molecule has 0 N–H and O–H groups in total. The molecular weight excluding hydrogens is 284 g/mol. The Labute approximate surface area is 140 Å². The first-order valence-electron chi connectivity index (χ1n) is 8.72. The zero-order valence-corrected chi connectivity index (χ0v) is 14.4. The van der Waals surface area contributed by atoms with Crippen molar-refractivity contribution < 1.29 is 9.53 Å². The lowest BCUT2D eigenvalue weighted by molar-refractivity contribution is -0.144. The molecule has 2 heteroatoms. The van der Waals surface area contributed by atoms with Crippen LogP contribution < -0.4 is 0 Å². The summed E-state index contributed by atoms with van der Waals surface area (Å²) in [6.45, 7) is 3.56. The van der Waals surface area contributed by atoms with Gasteiger partial charge in [-0.2, -0.15) is 0 Å². The summed E-state index contributed by atoms with van der Waals surface area (Å²) in [5.74, 6) is -0.207. The molecule has 1 unspecified atom stereocenters. The second kappa shape index (κ2) is 9.34. The highest BCUT2D eigenvalue weighted by Gasteiger charge is 2.14. The Bertz CT molecular complexity index is 546. The number of esters is 1. The van der Waals surface area contributed by atoms with Crippen molar-refractivity contribution in [3.63, 3.8) is 0 Å². The zero-order valence-electron chi connectivity index (χ0n) is 14.4. The van der Waals surface area contributed by atoms with Gasteiger partial charge in [0.05, 0.1) is 0 Å². The van der Waals surface area contributed by atoms with Crippen molar-refractivity contribution in [2.24, 2.45) is 0 Å². The van der Waals surface area contributed by atoms with Gasteiger partial charge in [-0.05, 0) is 56.6 Å². The van der Waals surface area contributed by atoms with Crippen molar-refractivity contribution in [1.29, 1.82) is 0 Å². The van der Waals surface area contributed by atoms with Gasteiger partial charge in [0.25, 0.3) is 0 Å². The SMILES string of the molecule is CC(=O)OC(CCc1ccccc1)/C(C)=C/C=C1CCCCC1. The first-order chi connectivity index (χ1) is 11.1. The molecule has 0 radical (unpaired) electrons. The van der Waals surface area contributed by atoms with Crippen molar-refractivity contribution in [2.75, 3.05) is 0 Å². The minimum atomic E-state index is -0.207. The van der Waals surface area contributed by atoms with E-state index < -0.39 is 0 Å². The van der Waals surface area contributed by atoms with Crippen LogP contribution in [0.2, 0.25) is 0 Å². The van der Waals surface area contributed by atoms with E-state index in [-0.39, 0.29) is 12.1 Å². The van der Waals surface area contributed by atoms with Crippen molar-refractivity contribution in [3.05, 3.63) is 59.2 Å². The summed E-state index contributed by atoms with van der Waals surface area (Å²) in [6, 6.07) is 10.4. The van der Waals surface area contributed by atoms with Gasteiger partial charge in [-0.15, -0.1) is 0 Å². The van der Waals surface area contributed by atoms with E-state index in [1.54, 1.807) is 0 Å². The van der Waals surface area contributed by atoms with Crippen LogP contribution in [0.1, 0.15) is 57.9 Å². The number of aryl methyl sites for hydroxylation is 1. The van der Waals surface area contributed by atoms with E-state index in [4.69, 9.17) is 4.74 Å². The largest absolute Gasteiger partial charge is 0.458 e. The number of hydrogen-bond donors (Lipinski definition) is 0. The third kappa shape index (κ3) is 6.43. The van der Waals surface area contributed by atoms with Crippen LogP contribution >= 0.6 is 0 Å². The van der Waals surface area contributed by atoms with Gasteiger partial charge >= 0.3 is 5.97 Å². The van der Waals surface area contributed by atoms with Crippen LogP contribution in [0.3, 0.4) is 0 Å². The quantitative estimate of drug-likeness (QED) is 0.658. The molecule has 1 aliphatic carbocycles. The predicted molar refractivity (Wildman–Crippen MR) is 95.2 cm³/mol. The van der Waals surface area contributed by atoms with Crippen LogP contribution in [0, 0.1) is 0 Å². The molecule has 0 aromatic heterocycles. The molecule has 0 spiro atoms. The van der Waals surface area contributed by atoms with Crippen molar-refractivity contribution in [2.45, 2.75) is 64.9 Å². The molecule has 2 nitrogen and oxygen atoms in total. The first-order valence-corrected chi connectivity index (χ1v) is 8.72. The summed E-state index contributed by atoms with van der Waals surface area (Å²) in [4.78, 5) is 11.4. The molecule has 1 fully saturated rings. The molecule has 0 amide bonds. The topological polar surface area (TPSA) is 26.3 Å². The smallest absolute Gasteiger partial charge is 0.303 e. The second-order valence-corrected chi connectivity index (χ2v) is 6.42. The van der Waals surface area contributed by atoms with Crippen LogP contribution in [-0.4, -0.2) is 12.1 Å². The molecule has 0 aliphatic heterocycles. The fraction of sp³-hybridized carbons (Fsp3) is 0.476. The number of ether oxygens (including phenoxy) is 1. The molecular formula is C21H28O2. The number of rotatable bonds is 6. The van der Waals surface area contributed by atoms with Crippen LogP contribution in [0.4, 0.5) is 0 Å². The van der Waals surface area contributed by atoms with Gasteiger partial charge < -0.3 is 4.74 Å². The van der Waals surface area contributed by atoms with E-state index in [2.05, 4.69) is 31.2 Å². The molecule has 1 saturated carbocycles. The first kappa shape index (κ1) is 17.5. The average molecular weight is 312 g/mol. The van der Waals surface area contributed by atoms with E-state index in [0.29, 0.717) is 0 Å². The highest BCUT2D eigenvalue weighted by atomic mass is 16.5. The fourth-order valence-electron chi connectivity index (χ4n) is 3.05. The normalized spacial score (nSPS) is 16.8. The summed E-state index contributed by atoms with van der Waals surface area (Å²) in [6.07, 6.45) is 12.4. The maximum absolute atomic E-state index is 11.4. The monoisotopic (exact) mass is 312 g/mol. The number of allylic oxidation sites excluding steroid dienone is 3. The number of benzene rings is 1. The van der Waals surface area contributed by atoms with E-state index in [9.17, 15) is 4.79 Å². The maximum atomic E-state index is 11.4. The third-order valence-corrected chi connectivity index (χ3v) is 4.43. The van der Waals surface area contributed by atoms with Gasteiger partial charge in [-0.1, -0.05) is 54.5 Å². The Kier molecular flexibility index (Phi) is 7.12. The van der Waals surface area contributed by atoms with Gasteiger partial charge in [-0.25, -0.2) is 0 Å². The van der Waals surface area contributed by atoms with E-state index in [0.717, 1.165) is 18.4 Å². The summed E-state index contributed by atoms with van der Waals surface area (Å²) in [7, 11) is 0. The van der Waals surface area contributed by atoms with Crippen LogP contribution in [0.25, 0.3) is 0 Å². The molecule has 124 valence electrons. The zero-order chi connectivity index (χ0) is 16.5. The summed E-state index contributed by atoms with van der Waals surface area (Å²) >= 11 is 0. The Balaban J connectivity index is 1.99. The minimum Gasteiger partial charge on any atom is -0.458 e. The Morgan fingerprint density at radius 2 is 1.83 bits per heavy atom. The summed E-state index contributed by atoms with van der Waals surface area (Å²) < 4.78 is 5.54. The van der Waals surface area contributed by atoms with E-state index in [1.165, 1.54) is 50.2 Å². The number of carbonyl (C=O) groups is 1. The predicted octanol–water partition coefficient (Wildman–Crippen LogP) is 5.39. The lowest BCUT2D eigenvalue weighted by atomic mass is 9.94. The van der Waals surface area contributed by atoms with Crippen LogP contribution in [0.15, 0.2) is 53.6 Å². The highest BCUT2D eigenvalue weighted by molar-refractivity contribution is 5.66. The van der Waals surface area contributed by atoms with E-state index >= 15 is 0 Å². The molecule has 1 aliphatic rings. The number of hydrogen-bond acceptors (Lipinski definition) is 2. The van der Waals surface area contributed by atoms with Gasteiger partial charge in [0.2, 0.25) is 0 Å². The Hall–Kier alpha value is -1.83. The molecule has 0 bridgehead atoms. The molecule has 1 atom stereocenters. The van der Waals surface area contributed by atoms with Crippen LogP contribution in [-0.2, 0) is 16.0 Å². The maximum Gasteiger partial charge on any atom is 0.303 e. The molecule has 2 rings (SSSR count). The second-order valence-electron chi connectivity index (χ2n) is 6.42. The van der Waals surface area contributed by atoms with Gasteiger partial charge in [0.1, 0.15) is 6.10 Å². The standard InChI is InChI=1S/C21H28O2/c1-17(13-14-19-9-5-3-6-10-19)21(23-18(2)22)16-15-20-11-7-4-8-12-20/h4,7-8,11-14,21H,3,5-6,9-10,15-16H2,1-2H3/b17-13+. The highest BCUT2D eigenvalue weighted by Crippen LogP contribution is 2.23. The molecule has 1 aromatic carbocycles. The summed E-state index contributed by atoms with van der Waals surface area (Å²) in [5, 5.41) is 0. The summed E-state index contributed by atoms with van der Waals surface area (Å²) in [5.41, 5.74) is 3.94. The van der Waals surface area contributed by atoms with Crippen molar-refractivity contribution >= 4 is 5.97 Å².